The van der Waals surface area contributed by atoms with Crippen LogP contribution in [-0.2, 0) is 11.4 Å². The van der Waals surface area contributed by atoms with Gasteiger partial charge in [-0.2, -0.15) is 0 Å². The van der Waals surface area contributed by atoms with Gasteiger partial charge < -0.3 is 4.74 Å². The van der Waals surface area contributed by atoms with Crippen LogP contribution in [0.3, 0.4) is 0 Å². The molecule has 0 saturated carbocycles. The number of rotatable bonds is 4. The third-order valence-electron chi connectivity index (χ3n) is 3.67. The Labute approximate surface area is 180 Å². The van der Waals surface area contributed by atoms with Gasteiger partial charge in [-0.25, -0.2) is 0 Å². The summed E-state index contributed by atoms with van der Waals surface area (Å²) in [6.45, 7) is 0.199. The van der Waals surface area contributed by atoms with Crippen molar-refractivity contribution in [3.63, 3.8) is 0 Å². The molecule has 2 aromatic carbocycles. The predicted molar refractivity (Wildman–Crippen MR) is 111 cm³/mol. The van der Waals surface area contributed by atoms with E-state index in [-0.39, 0.29) is 27.8 Å². The van der Waals surface area contributed by atoms with Crippen molar-refractivity contribution in [2.24, 2.45) is 0 Å². The molecule has 1 saturated heterocycles. The third kappa shape index (κ3) is 4.55. The van der Waals surface area contributed by atoms with Crippen LogP contribution in [0, 0.1) is 0 Å². The van der Waals surface area contributed by atoms with Gasteiger partial charge in [0, 0.05) is 7.05 Å². The maximum Gasteiger partial charge on any atom is 0.293 e. The van der Waals surface area contributed by atoms with Crippen LogP contribution in [0.25, 0.3) is 6.08 Å². The van der Waals surface area contributed by atoms with Crippen molar-refractivity contribution in [3.8, 4) is 5.75 Å². The first-order valence-corrected chi connectivity index (χ1v) is 9.86. The number of likely N-dealkylation sites (N-methyl/N-ethyl adjacent to an activating group) is 1. The average molecular weight is 463 g/mol. The van der Waals surface area contributed by atoms with Crippen molar-refractivity contribution in [1.29, 1.82) is 0 Å². The maximum atomic E-state index is 12.0. The van der Waals surface area contributed by atoms with Crippen LogP contribution in [0.15, 0.2) is 35.2 Å². The van der Waals surface area contributed by atoms with E-state index < -0.39 is 0 Å². The summed E-state index contributed by atoms with van der Waals surface area (Å²) in [6, 6.07) is 8.38. The van der Waals surface area contributed by atoms with Gasteiger partial charge in [0.1, 0.15) is 6.61 Å². The number of hydrogen-bond acceptors (Lipinski definition) is 4. The number of carbonyl (C=O) groups excluding carboxylic acids is 2. The number of ether oxygens (including phenoxy) is 1. The molecule has 4 nitrogen and oxygen atoms in total. The molecule has 0 atom stereocenters. The van der Waals surface area contributed by atoms with E-state index in [0.717, 1.165) is 22.2 Å². The van der Waals surface area contributed by atoms with E-state index in [1.165, 1.54) is 7.05 Å². The number of amides is 2. The Morgan fingerprint density at radius 2 is 1.67 bits per heavy atom. The summed E-state index contributed by atoms with van der Waals surface area (Å²) in [5, 5.41) is 1.12. The Morgan fingerprint density at radius 3 is 2.22 bits per heavy atom. The zero-order valence-corrected chi connectivity index (χ0v) is 17.6. The minimum atomic E-state index is -0.364. The van der Waals surface area contributed by atoms with Crippen molar-refractivity contribution in [3.05, 3.63) is 66.5 Å². The monoisotopic (exact) mass is 461 g/mol. The molecule has 1 aliphatic heterocycles. The van der Waals surface area contributed by atoms with Gasteiger partial charge in [-0.1, -0.05) is 52.5 Å². The molecule has 0 spiro atoms. The molecule has 3 rings (SSSR count). The van der Waals surface area contributed by atoms with E-state index in [1.807, 2.05) is 0 Å². The molecule has 1 heterocycles. The van der Waals surface area contributed by atoms with Gasteiger partial charge in [-0.05, 0) is 53.2 Å². The van der Waals surface area contributed by atoms with Crippen LogP contribution in [0.1, 0.15) is 11.1 Å². The van der Waals surface area contributed by atoms with Gasteiger partial charge in [0.05, 0.1) is 25.0 Å². The molecule has 0 aliphatic carbocycles. The van der Waals surface area contributed by atoms with Crippen molar-refractivity contribution >= 4 is 75.4 Å². The molecule has 2 aromatic rings. The van der Waals surface area contributed by atoms with Crippen molar-refractivity contribution in [2.75, 3.05) is 7.05 Å². The SMILES string of the molecule is CN1C(=O)S/C(=C\c2cc(Cl)c(OCc3ccc(Cl)c(Cl)c3)c(Cl)c2)C1=O. The zero-order chi connectivity index (χ0) is 19.7. The van der Waals surface area contributed by atoms with Crippen molar-refractivity contribution < 1.29 is 14.3 Å². The summed E-state index contributed by atoms with van der Waals surface area (Å²) in [4.78, 5) is 24.9. The fraction of sp³-hybridized carbons (Fsp3) is 0.111. The van der Waals surface area contributed by atoms with Crippen LogP contribution in [0.5, 0.6) is 5.75 Å². The fourth-order valence-corrected chi connectivity index (χ4v) is 4.04. The summed E-state index contributed by atoms with van der Waals surface area (Å²) < 4.78 is 5.71. The highest BCUT2D eigenvalue weighted by Gasteiger charge is 2.31. The van der Waals surface area contributed by atoms with Crippen molar-refractivity contribution in [2.45, 2.75) is 6.61 Å². The first kappa shape index (κ1) is 20.4. The van der Waals surface area contributed by atoms with Crippen LogP contribution < -0.4 is 4.74 Å². The smallest absolute Gasteiger partial charge is 0.293 e. The molecule has 0 bridgehead atoms. The fourth-order valence-electron chi connectivity index (χ4n) is 2.28. The number of halogens is 4. The Bertz CT molecular complexity index is 954. The number of nitrogens with zero attached hydrogens (tertiary/aromatic N) is 1. The zero-order valence-electron chi connectivity index (χ0n) is 13.8. The number of thioether (sulfide) groups is 1. The molecule has 0 radical (unpaired) electrons. The lowest BCUT2D eigenvalue weighted by Gasteiger charge is -2.11. The highest BCUT2D eigenvalue weighted by molar-refractivity contribution is 8.18. The lowest BCUT2D eigenvalue weighted by molar-refractivity contribution is -0.121. The van der Waals surface area contributed by atoms with E-state index in [1.54, 1.807) is 36.4 Å². The number of imide groups is 1. The molecule has 0 aromatic heterocycles. The minimum Gasteiger partial charge on any atom is -0.486 e. The normalized spacial score (nSPS) is 15.7. The Balaban J connectivity index is 1.80. The Morgan fingerprint density at radius 1 is 1.00 bits per heavy atom. The van der Waals surface area contributed by atoms with E-state index in [2.05, 4.69) is 0 Å². The summed E-state index contributed by atoms with van der Waals surface area (Å²) in [7, 11) is 1.43. The Hall–Kier alpha value is -1.37. The third-order valence-corrected chi connectivity index (χ3v) is 5.93. The van der Waals surface area contributed by atoms with E-state index in [9.17, 15) is 9.59 Å². The highest BCUT2D eigenvalue weighted by Crippen LogP contribution is 2.37. The summed E-state index contributed by atoms with van der Waals surface area (Å²) in [5.74, 6) is -0.0534. The second-order valence-corrected chi connectivity index (χ2v) is 8.21. The second-order valence-electron chi connectivity index (χ2n) is 5.59. The summed E-state index contributed by atoms with van der Waals surface area (Å²) in [6.07, 6.45) is 1.56. The number of carbonyl (C=O) groups is 2. The molecular weight excluding hydrogens is 452 g/mol. The van der Waals surface area contributed by atoms with Gasteiger partial charge in [-0.3, -0.25) is 14.5 Å². The first-order valence-electron chi connectivity index (χ1n) is 7.53. The summed E-state index contributed by atoms with van der Waals surface area (Å²) in [5.41, 5.74) is 1.39. The second kappa shape index (κ2) is 8.33. The van der Waals surface area contributed by atoms with Crippen LogP contribution in [0.4, 0.5) is 4.79 Å². The van der Waals surface area contributed by atoms with Crippen LogP contribution >= 0.6 is 58.2 Å². The maximum absolute atomic E-state index is 12.0. The lowest BCUT2D eigenvalue weighted by atomic mass is 10.2. The number of benzene rings is 2. The van der Waals surface area contributed by atoms with E-state index >= 15 is 0 Å². The van der Waals surface area contributed by atoms with Gasteiger partial charge in [-0.15, -0.1) is 0 Å². The highest BCUT2D eigenvalue weighted by atomic mass is 35.5. The molecule has 0 N–H and O–H groups in total. The molecular formula is C18H11Cl4NO3S. The topological polar surface area (TPSA) is 46.6 Å². The van der Waals surface area contributed by atoms with Gasteiger partial charge in [0.25, 0.3) is 11.1 Å². The van der Waals surface area contributed by atoms with Gasteiger partial charge >= 0.3 is 0 Å². The van der Waals surface area contributed by atoms with Gasteiger partial charge in [0.15, 0.2) is 5.75 Å². The van der Waals surface area contributed by atoms with Crippen LogP contribution in [0.2, 0.25) is 20.1 Å². The van der Waals surface area contributed by atoms with Gasteiger partial charge in [0.2, 0.25) is 0 Å². The average Bonchev–Trinajstić information content (AvgIpc) is 2.84. The van der Waals surface area contributed by atoms with E-state index in [0.29, 0.717) is 26.3 Å². The molecule has 140 valence electrons. The first-order chi connectivity index (χ1) is 12.8. The minimum absolute atomic E-state index is 0.199. The summed E-state index contributed by atoms with van der Waals surface area (Å²) >= 11 is 25.3. The number of hydrogen-bond donors (Lipinski definition) is 0. The molecule has 1 fully saturated rings. The molecule has 9 heteroatoms. The van der Waals surface area contributed by atoms with E-state index in [4.69, 9.17) is 51.1 Å². The Kier molecular flexibility index (Phi) is 6.28. The van der Waals surface area contributed by atoms with Crippen LogP contribution in [-0.4, -0.2) is 23.1 Å². The molecule has 27 heavy (non-hydrogen) atoms. The quantitative estimate of drug-likeness (QED) is 0.483. The molecule has 1 aliphatic rings. The predicted octanol–water partition coefficient (Wildman–Crippen LogP) is 6.55. The molecule has 2 amide bonds. The largest absolute Gasteiger partial charge is 0.486 e. The molecule has 0 unspecified atom stereocenters. The van der Waals surface area contributed by atoms with Crippen molar-refractivity contribution in [1.82, 2.24) is 4.90 Å². The standard InChI is InChI=1S/C18H11Cl4NO3S/c1-23-17(24)15(27-18(23)25)7-10-5-13(21)16(14(22)6-10)26-8-9-2-3-11(19)12(20)4-9/h2-7H,8H2,1H3/b15-7-. The lowest BCUT2D eigenvalue weighted by Crippen LogP contribution is -2.22.